The van der Waals surface area contributed by atoms with Crippen LogP contribution in [0, 0.1) is 11.8 Å². The molecule has 2 saturated carbocycles. The summed E-state index contributed by atoms with van der Waals surface area (Å²) < 4.78 is 0. The first-order valence-corrected chi connectivity index (χ1v) is 8.40. The number of amides is 1. The van der Waals surface area contributed by atoms with Crippen molar-refractivity contribution in [2.75, 3.05) is 19.7 Å². The highest BCUT2D eigenvalue weighted by molar-refractivity contribution is 5.78. The minimum atomic E-state index is 0.135. The summed E-state index contributed by atoms with van der Waals surface area (Å²) in [5.41, 5.74) is 0. The summed E-state index contributed by atoms with van der Waals surface area (Å²) in [6.07, 6.45) is 10.9. The summed E-state index contributed by atoms with van der Waals surface area (Å²) in [6.45, 7) is 1.58. The lowest BCUT2D eigenvalue weighted by atomic mass is 9.97. The predicted molar refractivity (Wildman–Crippen MR) is 80.4 cm³/mol. The van der Waals surface area contributed by atoms with Gasteiger partial charge in [-0.3, -0.25) is 4.79 Å². The van der Waals surface area contributed by atoms with Crippen LogP contribution in [0.5, 0.6) is 0 Å². The molecule has 1 amide bonds. The van der Waals surface area contributed by atoms with E-state index in [1.165, 1.54) is 38.5 Å². The molecule has 0 aliphatic heterocycles. The smallest absolute Gasteiger partial charge is 0.234 e. The molecule has 20 heavy (non-hydrogen) atoms. The molecule has 2 fully saturated rings. The molecule has 0 spiro atoms. The van der Waals surface area contributed by atoms with E-state index in [0.717, 1.165) is 25.8 Å². The van der Waals surface area contributed by atoms with Crippen molar-refractivity contribution in [3.05, 3.63) is 0 Å². The molecule has 0 heterocycles. The van der Waals surface area contributed by atoms with Gasteiger partial charge in [0.15, 0.2) is 0 Å². The van der Waals surface area contributed by atoms with Gasteiger partial charge in [-0.15, -0.1) is 0 Å². The standard InChI is InChI=1S/C16H30N2O2/c19-12-14-7-5-6-13(14)10-17-11-16(20)18-15-8-3-1-2-4-9-15/h13-15,17,19H,1-12H2,(H,18,20). The summed E-state index contributed by atoms with van der Waals surface area (Å²) in [6, 6.07) is 0.392. The Hall–Kier alpha value is -0.610. The van der Waals surface area contributed by atoms with Crippen LogP contribution in [0.1, 0.15) is 57.8 Å². The second-order valence-electron chi connectivity index (χ2n) is 6.52. The lowest BCUT2D eigenvalue weighted by Gasteiger charge is -2.19. The lowest BCUT2D eigenvalue weighted by Crippen LogP contribution is -2.41. The average Bonchev–Trinajstić information content (AvgIpc) is 2.74. The average molecular weight is 282 g/mol. The Balaban J connectivity index is 1.59. The van der Waals surface area contributed by atoms with Gasteiger partial charge in [0, 0.05) is 12.6 Å². The Bertz CT molecular complexity index is 288. The summed E-state index contributed by atoms with van der Waals surface area (Å²) in [5, 5.41) is 15.7. The molecule has 0 bridgehead atoms. The minimum Gasteiger partial charge on any atom is -0.396 e. The molecule has 116 valence electrons. The molecule has 4 nitrogen and oxygen atoms in total. The zero-order valence-corrected chi connectivity index (χ0v) is 12.6. The fraction of sp³-hybridized carbons (Fsp3) is 0.938. The first-order valence-electron chi connectivity index (χ1n) is 8.40. The van der Waals surface area contributed by atoms with Gasteiger partial charge in [0.05, 0.1) is 6.54 Å². The van der Waals surface area contributed by atoms with Crippen molar-refractivity contribution in [3.8, 4) is 0 Å². The SMILES string of the molecule is O=C(CNCC1CCCC1CO)NC1CCCCCC1. The van der Waals surface area contributed by atoms with Crippen LogP contribution < -0.4 is 10.6 Å². The Morgan fingerprint density at radius 2 is 1.65 bits per heavy atom. The van der Waals surface area contributed by atoms with Crippen LogP contribution >= 0.6 is 0 Å². The van der Waals surface area contributed by atoms with Gasteiger partial charge in [0.2, 0.25) is 5.91 Å². The van der Waals surface area contributed by atoms with Crippen molar-refractivity contribution in [2.45, 2.75) is 63.8 Å². The molecule has 0 saturated heterocycles. The summed E-state index contributed by atoms with van der Waals surface area (Å²) >= 11 is 0. The molecule has 0 aromatic carbocycles. The monoisotopic (exact) mass is 282 g/mol. The van der Waals surface area contributed by atoms with Gasteiger partial charge >= 0.3 is 0 Å². The van der Waals surface area contributed by atoms with Gasteiger partial charge in [0.25, 0.3) is 0 Å². The lowest BCUT2D eigenvalue weighted by molar-refractivity contribution is -0.121. The Labute approximate surface area is 122 Å². The van der Waals surface area contributed by atoms with Crippen molar-refractivity contribution < 1.29 is 9.90 Å². The van der Waals surface area contributed by atoms with Gasteiger partial charge in [-0.2, -0.15) is 0 Å². The van der Waals surface area contributed by atoms with Crippen LogP contribution in [-0.2, 0) is 4.79 Å². The van der Waals surface area contributed by atoms with Crippen molar-refractivity contribution in [1.82, 2.24) is 10.6 Å². The fourth-order valence-electron chi connectivity index (χ4n) is 3.70. The summed E-state index contributed by atoms with van der Waals surface area (Å²) in [7, 11) is 0. The van der Waals surface area contributed by atoms with Gasteiger partial charge in [-0.1, -0.05) is 32.1 Å². The van der Waals surface area contributed by atoms with Crippen LogP contribution in [0.15, 0.2) is 0 Å². The predicted octanol–water partition coefficient (Wildman–Crippen LogP) is 1.82. The highest BCUT2D eigenvalue weighted by Crippen LogP contribution is 2.30. The normalized spacial score (nSPS) is 28.2. The van der Waals surface area contributed by atoms with Crippen LogP contribution in [0.25, 0.3) is 0 Å². The van der Waals surface area contributed by atoms with Gasteiger partial charge < -0.3 is 15.7 Å². The number of nitrogens with one attached hydrogen (secondary N) is 2. The Kier molecular flexibility index (Phi) is 6.80. The van der Waals surface area contributed by atoms with E-state index in [1.54, 1.807) is 0 Å². The van der Waals surface area contributed by atoms with E-state index in [4.69, 9.17) is 0 Å². The van der Waals surface area contributed by atoms with E-state index < -0.39 is 0 Å². The van der Waals surface area contributed by atoms with Crippen molar-refractivity contribution in [1.29, 1.82) is 0 Å². The van der Waals surface area contributed by atoms with Crippen molar-refractivity contribution >= 4 is 5.91 Å². The third kappa shape index (κ3) is 5.06. The van der Waals surface area contributed by atoms with E-state index in [-0.39, 0.29) is 5.91 Å². The van der Waals surface area contributed by atoms with Gasteiger partial charge in [-0.25, -0.2) is 0 Å². The quantitative estimate of drug-likeness (QED) is 0.651. The zero-order chi connectivity index (χ0) is 14.2. The van der Waals surface area contributed by atoms with E-state index in [0.29, 0.717) is 31.0 Å². The number of carbonyl (C=O) groups is 1. The number of aliphatic hydroxyl groups excluding tert-OH is 1. The Morgan fingerprint density at radius 1 is 0.950 bits per heavy atom. The number of rotatable bonds is 6. The molecule has 2 rings (SSSR count). The maximum atomic E-state index is 11.9. The molecule has 3 N–H and O–H groups in total. The highest BCUT2D eigenvalue weighted by Gasteiger charge is 2.26. The minimum absolute atomic E-state index is 0.135. The maximum absolute atomic E-state index is 11.9. The Morgan fingerprint density at radius 3 is 2.35 bits per heavy atom. The number of aliphatic hydroxyl groups is 1. The van der Waals surface area contributed by atoms with Crippen LogP contribution in [0.4, 0.5) is 0 Å². The number of hydrogen-bond acceptors (Lipinski definition) is 3. The number of carbonyl (C=O) groups excluding carboxylic acids is 1. The summed E-state index contributed by atoms with van der Waals surface area (Å²) in [4.78, 5) is 11.9. The molecule has 2 aliphatic rings. The third-order valence-corrected chi connectivity index (χ3v) is 4.96. The number of hydrogen-bond donors (Lipinski definition) is 3. The van der Waals surface area contributed by atoms with E-state index in [9.17, 15) is 9.90 Å². The topological polar surface area (TPSA) is 61.4 Å². The van der Waals surface area contributed by atoms with Crippen molar-refractivity contribution in [2.24, 2.45) is 11.8 Å². The maximum Gasteiger partial charge on any atom is 0.234 e. The van der Waals surface area contributed by atoms with Gasteiger partial charge in [-0.05, 0) is 44.1 Å². The molecule has 0 aromatic rings. The van der Waals surface area contributed by atoms with Crippen LogP contribution in [0.2, 0.25) is 0 Å². The van der Waals surface area contributed by atoms with Crippen molar-refractivity contribution in [3.63, 3.8) is 0 Å². The fourth-order valence-corrected chi connectivity index (χ4v) is 3.70. The molecule has 0 aromatic heterocycles. The summed E-state index contributed by atoms with van der Waals surface area (Å²) in [5.74, 6) is 1.12. The third-order valence-electron chi connectivity index (χ3n) is 4.96. The largest absolute Gasteiger partial charge is 0.396 e. The molecule has 4 heteroatoms. The van der Waals surface area contributed by atoms with Crippen LogP contribution in [-0.4, -0.2) is 36.8 Å². The second kappa shape index (κ2) is 8.63. The van der Waals surface area contributed by atoms with Crippen LogP contribution in [0.3, 0.4) is 0 Å². The first kappa shape index (κ1) is 15.8. The second-order valence-corrected chi connectivity index (χ2v) is 6.52. The molecule has 0 radical (unpaired) electrons. The molecular weight excluding hydrogens is 252 g/mol. The highest BCUT2D eigenvalue weighted by atomic mass is 16.3. The van der Waals surface area contributed by atoms with E-state index in [2.05, 4.69) is 10.6 Å². The van der Waals surface area contributed by atoms with E-state index in [1.807, 2.05) is 0 Å². The molecular formula is C16H30N2O2. The van der Waals surface area contributed by atoms with E-state index >= 15 is 0 Å². The molecule has 2 unspecified atom stereocenters. The first-order chi connectivity index (χ1) is 9.79. The molecule has 2 aliphatic carbocycles. The molecule has 2 atom stereocenters. The zero-order valence-electron chi connectivity index (χ0n) is 12.6. The van der Waals surface area contributed by atoms with Gasteiger partial charge in [0.1, 0.15) is 0 Å².